The lowest BCUT2D eigenvalue weighted by atomic mass is 10.0. The number of hydrogen-bond donors (Lipinski definition) is 1. The van der Waals surface area contributed by atoms with E-state index in [-0.39, 0.29) is 17.5 Å². The lowest BCUT2D eigenvalue weighted by molar-refractivity contribution is -0.120. The van der Waals surface area contributed by atoms with E-state index in [4.69, 9.17) is 4.74 Å². The number of ether oxygens (including phenoxy) is 1. The first-order valence-corrected chi connectivity index (χ1v) is 10.2. The van der Waals surface area contributed by atoms with Gasteiger partial charge in [0.25, 0.3) is 11.8 Å². The summed E-state index contributed by atoms with van der Waals surface area (Å²) >= 11 is 0. The van der Waals surface area contributed by atoms with Gasteiger partial charge >= 0.3 is 0 Å². The second-order valence-electron chi connectivity index (χ2n) is 7.44. The number of nitrogens with zero attached hydrogens (tertiary/aromatic N) is 1. The normalized spacial score (nSPS) is 13.7. The van der Waals surface area contributed by atoms with Crippen LogP contribution >= 0.6 is 0 Å². The van der Waals surface area contributed by atoms with Crippen LogP contribution in [0.25, 0.3) is 5.57 Å². The fourth-order valence-electron chi connectivity index (χ4n) is 3.65. The Morgan fingerprint density at radius 2 is 1.61 bits per heavy atom. The molecule has 31 heavy (non-hydrogen) atoms. The smallest absolute Gasteiger partial charge is 0.282 e. The second kappa shape index (κ2) is 8.48. The molecule has 0 saturated heterocycles. The van der Waals surface area contributed by atoms with Crippen LogP contribution in [-0.4, -0.2) is 18.9 Å². The van der Waals surface area contributed by atoms with Crippen molar-refractivity contribution in [2.75, 3.05) is 17.3 Å². The summed E-state index contributed by atoms with van der Waals surface area (Å²) < 4.78 is 5.23. The molecule has 1 aliphatic heterocycles. The number of amides is 2. The van der Waals surface area contributed by atoms with Gasteiger partial charge in [-0.2, -0.15) is 0 Å². The Kier molecular flexibility index (Phi) is 5.58. The van der Waals surface area contributed by atoms with E-state index in [2.05, 4.69) is 12.2 Å². The molecule has 5 nitrogen and oxygen atoms in total. The van der Waals surface area contributed by atoms with Crippen LogP contribution in [0.2, 0.25) is 0 Å². The second-order valence-corrected chi connectivity index (χ2v) is 7.44. The van der Waals surface area contributed by atoms with Crippen molar-refractivity contribution in [3.8, 4) is 5.75 Å². The van der Waals surface area contributed by atoms with Crippen molar-refractivity contribution < 1.29 is 14.3 Å². The zero-order chi connectivity index (χ0) is 22.0. The van der Waals surface area contributed by atoms with Crippen LogP contribution in [0.4, 0.5) is 11.4 Å². The molecule has 0 saturated carbocycles. The van der Waals surface area contributed by atoms with Crippen molar-refractivity contribution in [1.82, 2.24) is 0 Å². The van der Waals surface area contributed by atoms with Crippen molar-refractivity contribution in [1.29, 1.82) is 0 Å². The van der Waals surface area contributed by atoms with Crippen LogP contribution < -0.4 is 15.0 Å². The van der Waals surface area contributed by atoms with Crippen LogP contribution in [0.1, 0.15) is 23.6 Å². The largest absolute Gasteiger partial charge is 0.497 e. The Labute approximate surface area is 182 Å². The van der Waals surface area contributed by atoms with Gasteiger partial charge < -0.3 is 10.1 Å². The Morgan fingerprint density at radius 1 is 0.903 bits per heavy atom. The summed E-state index contributed by atoms with van der Waals surface area (Å²) in [4.78, 5) is 28.1. The molecule has 156 valence electrons. The Balaban J connectivity index is 1.79. The van der Waals surface area contributed by atoms with Crippen molar-refractivity contribution in [3.63, 3.8) is 0 Å². The van der Waals surface area contributed by atoms with Gasteiger partial charge in [-0.15, -0.1) is 0 Å². The quantitative estimate of drug-likeness (QED) is 0.581. The molecule has 2 amide bonds. The molecule has 0 aliphatic carbocycles. The minimum Gasteiger partial charge on any atom is -0.497 e. The molecule has 1 N–H and O–H groups in total. The first-order valence-electron chi connectivity index (χ1n) is 10.2. The Morgan fingerprint density at radius 3 is 2.23 bits per heavy atom. The number of imide groups is 1. The molecule has 0 spiro atoms. The number of methoxy groups -OCH3 is 1. The molecule has 4 rings (SSSR count). The first-order chi connectivity index (χ1) is 15.0. The summed E-state index contributed by atoms with van der Waals surface area (Å²) in [6.45, 7) is 4.04. The van der Waals surface area contributed by atoms with E-state index in [0.717, 1.165) is 23.2 Å². The van der Waals surface area contributed by atoms with Gasteiger partial charge in [0.15, 0.2) is 0 Å². The zero-order valence-corrected chi connectivity index (χ0v) is 17.8. The molecule has 3 aromatic carbocycles. The number of rotatable bonds is 6. The molecule has 0 atom stereocenters. The molecule has 3 aromatic rings. The van der Waals surface area contributed by atoms with Crippen LogP contribution in [-0.2, 0) is 16.0 Å². The predicted octanol–water partition coefficient (Wildman–Crippen LogP) is 4.96. The third kappa shape index (κ3) is 3.94. The van der Waals surface area contributed by atoms with Gasteiger partial charge in [-0.3, -0.25) is 9.59 Å². The maximum absolute atomic E-state index is 13.5. The highest BCUT2D eigenvalue weighted by Crippen LogP contribution is 2.34. The maximum atomic E-state index is 13.5. The summed E-state index contributed by atoms with van der Waals surface area (Å²) in [5, 5.41) is 3.20. The number of aryl methyl sites for hydroxylation is 2. The van der Waals surface area contributed by atoms with Gasteiger partial charge in [-0.1, -0.05) is 43.3 Å². The van der Waals surface area contributed by atoms with Gasteiger partial charge in [0.2, 0.25) is 0 Å². The van der Waals surface area contributed by atoms with E-state index in [9.17, 15) is 9.59 Å². The van der Waals surface area contributed by atoms with E-state index in [1.165, 1.54) is 4.90 Å². The van der Waals surface area contributed by atoms with Gasteiger partial charge in [0.1, 0.15) is 11.4 Å². The third-order valence-electron chi connectivity index (χ3n) is 5.35. The lowest BCUT2D eigenvalue weighted by Gasteiger charge is -2.16. The van der Waals surface area contributed by atoms with Gasteiger partial charge in [0, 0.05) is 5.69 Å². The topological polar surface area (TPSA) is 58.6 Å². The van der Waals surface area contributed by atoms with Gasteiger partial charge in [-0.05, 0) is 66.4 Å². The summed E-state index contributed by atoms with van der Waals surface area (Å²) in [5.41, 5.74) is 4.77. The summed E-state index contributed by atoms with van der Waals surface area (Å²) in [6, 6.07) is 22.4. The van der Waals surface area contributed by atoms with Crippen molar-refractivity contribution >= 4 is 28.8 Å². The fraction of sp³-hybridized carbons (Fsp3) is 0.154. The zero-order valence-electron chi connectivity index (χ0n) is 17.8. The average Bonchev–Trinajstić information content (AvgIpc) is 3.03. The third-order valence-corrected chi connectivity index (χ3v) is 5.35. The van der Waals surface area contributed by atoms with Crippen LogP contribution in [0.3, 0.4) is 0 Å². The Bertz CT molecular complexity index is 1160. The SMILES string of the molecule is CCc1ccc(N2C(=O)C(Nc3cccc(C)c3)=C(c3ccc(OC)cc3)C2=O)cc1. The fourth-order valence-corrected chi connectivity index (χ4v) is 3.65. The number of nitrogens with one attached hydrogen (secondary N) is 1. The number of anilines is 2. The molecule has 0 bridgehead atoms. The molecule has 0 fully saturated rings. The van der Waals surface area contributed by atoms with Crippen LogP contribution in [0.5, 0.6) is 5.75 Å². The minimum atomic E-state index is -0.374. The highest BCUT2D eigenvalue weighted by atomic mass is 16.5. The predicted molar refractivity (Wildman–Crippen MR) is 123 cm³/mol. The van der Waals surface area contributed by atoms with Gasteiger partial charge in [-0.25, -0.2) is 4.90 Å². The van der Waals surface area contributed by atoms with Crippen molar-refractivity contribution in [2.45, 2.75) is 20.3 Å². The molecule has 1 heterocycles. The van der Waals surface area contributed by atoms with Crippen molar-refractivity contribution in [2.24, 2.45) is 0 Å². The number of carbonyl (C=O) groups is 2. The van der Waals surface area contributed by atoms with Gasteiger partial charge in [0.05, 0.1) is 18.4 Å². The standard InChI is InChI=1S/C26H24N2O3/c1-4-18-8-12-21(13-9-18)28-25(29)23(19-10-14-22(31-3)15-11-19)24(26(28)30)27-20-7-5-6-17(2)16-20/h5-16,27H,4H2,1-3H3. The lowest BCUT2D eigenvalue weighted by Crippen LogP contribution is -2.32. The van der Waals surface area contributed by atoms with Crippen LogP contribution in [0.15, 0.2) is 78.5 Å². The first kappa shape index (κ1) is 20.4. The monoisotopic (exact) mass is 412 g/mol. The minimum absolute atomic E-state index is 0.264. The molecule has 0 unspecified atom stereocenters. The molecule has 5 heteroatoms. The number of hydrogen-bond acceptors (Lipinski definition) is 4. The average molecular weight is 412 g/mol. The Hall–Kier alpha value is -3.86. The highest BCUT2D eigenvalue weighted by molar-refractivity contribution is 6.46. The van der Waals surface area contributed by atoms with E-state index in [0.29, 0.717) is 22.6 Å². The molecular weight excluding hydrogens is 388 g/mol. The van der Waals surface area contributed by atoms with E-state index in [1.807, 2.05) is 55.5 Å². The molecule has 0 radical (unpaired) electrons. The summed E-state index contributed by atoms with van der Waals surface area (Å²) in [5.74, 6) is -0.0440. The highest BCUT2D eigenvalue weighted by Gasteiger charge is 2.40. The van der Waals surface area contributed by atoms with Crippen LogP contribution in [0, 0.1) is 6.92 Å². The number of benzene rings is 3. The number of carbonyl (C=O) groups excluding carboxylic acids is 2. The van der Waals surface area contributed by atoms with Crippen molar-refractivity contribution in [3.05, 3.63) is 95.2 Å². The van der Waals surface area contributed by atoms with E-state index >= 15 is 0 Å². The molecular formula is C26H24N2O3. The maximum Gasteiger partial charge on any atom is 0.282 e. The molecule has 0 aromatic heterocycles. The summed E-state index contributed by atoms with van der Waals surface area (Å²) in [6.07, 6.45) is 0.887. The summed E-state index contributed by atoms with van der Waals surface area (Å²) in [7, 11) is 1.59. The van der Waals surface area contributed by atoms with E-state index in [1.54, 1.807) is 31.4 Å². The van der Waals surface area contributed by atoms with E-state index < -0.39 is 0 Å². The molecule has 1 aliphatic rings.